The van der Waals surface area contributed by atoms with Crippen molar-refractivity contribution in [2.75, 3.05) is 6.54 Å². The Hall–Kier alpha value is -2.16. The smallest absolute Gasteiger partial charge is 0.224 e. The van der Waals surface area contributed by atoms with Gasteiger partial charge in [-0.3, -0.25) is 4.79 Å². The van der Waals surface area contributed by atoms with E-state index in [1.807, 2.05) is 12.1 Å². The first-order valence-electron chi connectivity index (χ1n) is 7.83. The van der Waals surface area contributed by atoms with E-state index in [1.54, 1.807) is 12.1 Å². The topological polar surface area (TPSA) is 29.1 Å². The van der Waals surface area contributed by atoms with Crippen molar-refractivity contribution in [3.8, 4) is 0 Å². The third kappa shape index (κ3) is 3.53. The van der Waals surface area contributed by atoms with Gasteiger partial charge in [0.1, 0.15) is 5.82 Å². The third-order valence-electron chi connectivity index (χ3n) is 4.20. The van der Waals surface area contributed by atoms with Crippen molar-refractivity contribution in [3.63, 3.8) is 0 Å². The van der Waals surface area contributed by atoms with E-state index < -0.39 is 0 Å². The lowest BCUT2D eigenvalue weighted by molar-refractivity contribution is -0.120. The van der Waals surface area contributed by atoms with Crippen LogP contribution in [0.5, 0.6) is 0 Å². The van der Waals surface area contributed by atoms with Gasteiger partial charge in [0.2, 0.25) is 5.91 Å². The molecule has 2 aromatic rings. The SMILES string of the molecule is O=C(Cc1ccc2c(c1)CCC2)NCCc1ccccc1F. The first-order chi connectivity index (χ1) is 10.7. The highest BCUT2D eigenvalue weighted by atomic mass is 19.1. The molecule has 1 aliphatic carbocycles. The molecule has 0 heterocycles. The number of aryl methyl sites for hydroxylation is 2. The molecule has 114 valence electrons. The lowest BCUT2D eigenvalue weighted by Crippen LogP contribution is -2.27. The predicted molar refractivity (Wildman–Crippen MR) is 85.3 cm³/mol. The number of benzene rings is 2. The molecule has 2 nitrogen and oxygen atoms in total. The Balaban J connectivity index is 1.49. The average molecular weight is 297 g/mol. The summed E-state index contributed by atoms with van der Waals surface area (Å²) >= 11 is 0. The summed E-state index contributed by atoms with van der Waals surface area (Å²) < 4.78 is 13.5. The van der Waals surface area contributed by atoms with E-state index in [-0.39, 0.29) is 11.7 Å². The van der Waals surface area contributed by atoms with Crippen LogP contribution >= 0.6 is 0 Å². The van der Waals surface area contributed by atoms with Gasteiger partial charge in [-0.1, -0.05) is 36.4 Å². The number of carbonyl (C=O) groups is 1. The van der Waals surface area contributed by atoms with Crippen molar-refractivity contribution in [1.29, 1.82) is 0 Å². The normalized spacial score (nSPS) is 13.0. The van der Waals surface area contributed by atoms with Gasteiger partial charge in [-0.25, -0.2) is 4.39 Å². The Kier molecular flexibility index (Phi) is 4.52. The van der Waals surface area contributed by atoms with E-state index in [4.69, 9.17) is 0 Å². The Morgan fingerprint density at radius 2 is 1.91 bits per heavy atom. The Morgan fingerprint density at radius 1 is 1.09 bits per heavy atom. The maximum Gasteiger partial charge on any atom is 0.224 e. The molecule has 0 aromatic heterocycles. The number of hydrogen-bond donors (Lipinski definition) is 1. The molecule has 0 atom stereocenters. The van der Waals surface area contributed by atoms with Crippen LogP contribution in [0.4, 0.5) is 4.39 Å². The van der Waals surface area contributed by atoms with Gasteiger partial charge in [-0.15, -0.1) is 0 Å². The second-order valence-corrected chi connectivity index (χ2v) is 5.82. The highest BCUT2D eigenvalue weighted by molar-refractivity contribution is 5.78. The van der Waals surface area contributed by atoms with Crippen molar-refractivity contribution in [3.05, 3.63) is 70.5 Å². The Bertz CT molecular complexity index is 681. The summed E-state index contributed by atoms with van der Waals surface area (Å²) in [4.78, 5) is 12.0. The highest BCUT2D eigenvalue weighted by Crippen LogP contribution is 2.22. The van der Waals surface area contributed by atoms with Crippen molar-refractivity contribution in [2.45, 2.75) is 32.1 Å². The molecule has 2 aromatic carbocycles. The van der Waals surface area contributed by atoms with Crippen molar-refractivity contribution in [1.82, 2.24) is 5.32 Å². The van der Waals surface area contributed by atoms with Crippen LogP contribution in [0.1, 0.15) is 28.7 Å². The summed E-state index contributed by atoms with van der Waals surface area (Å²) in [5.74, 6) is -0.218. The summed E-state index contributed by atoms with van der Waals surface area (Å²) in [6.07, 6.45) is 4.41. The molecule has 3 heteroatoms. The molecule has 0 saturated heterocycles. The molecule has 0 bridgehead atoms. The number of hydrogen-bond acceptors (Lipinski definition) is 1. The molecule has 0 radical (unpaired) electrons. The molecule has 0 aliphatic heterocycles. The van der Waals surface area contributed by atoms with Crippen LogP contribution in [0.3, 0.4) is 0 Å². The average Bonchev–Trinajstić information content (AvgIpc) is 2.97. The molecule has 1 aliphatic rings. The van der Waals surface area contributed by atoms with Gasteiger partial charge in [0.25, 0.3) is 0 Å². The molecular formula is C19H20FNO. The standard InChI is InChI=1S/C19H20FNO/c20-18-7-2-1-4-16(18)10-11-21-19(22)13-14-8-9-15-5-3-6-17(15)12-14/h1-2,4,7-9,12H,3,5-6,10-11,13H2,(H,21,22). The van der Waals surface area contributed by atoms with Gasteiger partial charge < -0.3 is 5.32 Å². The maximum atomic E-state index is 13.5. The summed E-state index contributed by atoms with van der Waals surface area (Å²) in [5.41, 5.74) is 4.50. The minimum atomic E-state index is -0.213. The van der Waals surface area contributed by atoms with Gasteiger partial charge >= 0.3 is 0 Å². The van der Waals surface area contributed by atoms with Gasteiger partial charge in [0, 0.05) is 6.54 Å². The molecule has 0 fully saturated rings. The number of halogens is 1. The van der Waals surface area contributed by atoms with E-state index in [0.29, 0.717) is 24.9 Å². The van der Waals surface area contributed by atoms with Gasteiger partial charge in [0.15, 0.2) is 0 Å². The van der Waals surface area contributed by atoms with E-state index in [1.165, 1.54) is 23.6 Å². The molecule has 0 spiro atoms. The van der Waals surface area contributed by atoms with E-state index in [2.05, 4.69) is 17.4 Å². The molecule has 1 amide bonds. The summed E-state index contributed by atoms with van der Waals surface area (Å²) in [6, 6.07) is 13.0. The summed E-state index contributed by atoms with van der Waals surface area (Å²) in [5, 5.41) is 2.87. The minimum Gasteiger partial charge on any atom is -0.355 e. The fourth-order valence-corrected chi connectivity index (χ4v) is 3.02. The summed E-state index contributed by atoms with van der Waals surface area (Å²) in [7, 11) is 0. The van der Waals surface area contributed by atoms with Gasteiger partial charge in [0.05, 0.1) is 6.42 Å². The van der Waals surface area contributed by atoms with Crippen LogP contribution in [0.15, 0.2) is 42.5 Å². The zero-order chi connectivity index (χ0) is 15.4. The number of fused-ring (bicyclic) bond motifs is 1. The summed E-state index contributed by atoms with van der Waals surface area (Å²) in [6.45, 7) is 0.463. The Labute approximate surface area is 130 Å². The Morgan fingerprint density at radius 3 is 2.77 bits per heavy atom. The van der Waals surface area contributed by atoms with Crippen LogP contribution in [0.25, 0.3) is 0 Å². The molecule has 1 N–H and O–H groups in total. The molecule has 22 heavy (non-hydrogen) atoms. The lowest BCUT2D eigenvalue weighted by atomic mass is 10.0. The number of amides is 1. The number of carbonyl (C=O) groups excluding carboxylic acids is 1. The van der Waals surface area contributed by atoms with Crippen molar-refractivity contribution in [2.24, 2.45) is 0 Å². The quantitative estimate of drug-likeness (QED) is 0.902. The van der Waals surface area contributed by atoms with Crippen LogP contribution in [0, 0.1) is 5.82 Å². The first-order valence-corrected chi connectivity index (χ1v) is 7.83. The third-order valence-corrected chi connectivity index (χ3v) is 4.20. The zero-order valence-corrected chi connectivity index (χ0v) is 12.6. The largest absolute Gasteiger partial charge is 0.355 e. The van der Waals surface area contributed by atoms with E-state index >= 15 is 0 Å². The van der Waals surface area contributed by atoms with Crippen molar-refractivity contribution < 1.29 is 9.18 Å². The van der Waals surface area contributed by atoms with Crippen molar-refractivity contribution >= 4 is 5.91 Å². The van der Waals surface area contributed by atoms with Crippen LogP contribution in [-0.4, -0.2) is 12.5 Å². The van der Waals surface area contributed by atoms with Crippen LogP contribution in [-0.2, 0) is 30.5 Å². The van der Waals surface area contributed by atoms with E-state index in [9.17, 15) is 9.18 Å². The highest BCUT2D eigenvalue weighted by Gasteiger charge is 2.12. The zero-order valence-electron chi connectivity index (χ0n) is 12.6. The van der Waals surface area contributed by atoms with Gasteiger partial charge in [-0.2, -0.15) is 0 Å². The molecule has 0 unspecified atom stereocenters. The molecular weight excluding hydrogens is 277 g/mol. The number of nitrogens with one attached hydrogen (secondary N) is 1. The van der Waals surface area contributed by atoms with Crippen LogP contribution < -0.4 is 5.32 Å². The predicted octanol–water partition coefficient (Wildman–Crippen LogP) is 3.22. The minimum absolute atomic E-state index is 0.00529. The monoisotopic (exact) mass is 297 g/mol. The maximum absolute atomic E-state index is 13.5. The fraction of sp³-hybridized carbons (Fsp3) is 0.316. The molecule has 0 saturated carbocycles. The second kappa shape index (κ2) is 6.73. The first kappa shape index (κ1) is 14.8. The second-order valence-electron chi connectivity index (χ2n) is 5.82. The lowest BCUT2D eigenvalue weighted by Gasteiger charge is -2.07. The van der Waals surface area contributed by atoms with E-state index in [0.717, 1.165) is 18.4 Å². The van der Waals surface area contributed by atoms with Gasteiger partial charge in [-0.05, 0) is 54.0 Å². The van der Waals surface area contributed by atoms with Crippen LogP contribution in [0.2, 0.25) is 0 Å². The fourth-order valence-electron chi connectivity index (χ4n) is 3.02. The molecule has 3 rings (SSSR count). The number of rotatable bonds is 5.